The van der Waals surface area contributed by atoms with Crippen LogP contribution in [0.1, 0.15) is 29.8 Å². The van der Waals surface area contributed by atoms with E-state index in [1.54, 1.807) is 6.20 Å². The number of hydrogen-bond acceptors (Lipinski definition) is 4. The molecule has 1 amide bonds. The summed E-state index contributed by atoms with van der Waals surface area (Å²) in [6, 6.07) is 15.9. The molecule has 0 saturated heterocycles. The van der Waals surface area contributed by atoms with Gasteiger partial charge >= 0.3 is 0 Å². The maximum absolute atomic E-state index is 12.3. The molecule has 0 saturated carbocycles. The van der Waals surface area contributed by atoms with Crippen molar-refractivity contribution in [2.45, 2.75) is 39.7 Å². The van der Waals surface area contributed by atoms with E-state index in [4.69, 9.17) is 5.26 Å². The first kappa shape index (κ1) is 19.3. The van der Waals surface area contributed by atoms with Crippen molar-refractivity contribution < 1.29 is 4.79 Å². The lowest BCUT2D eigenvalue weighted by molar-refractivity contribution is -0.116. The third-order valence-electron chi connectivity index (χ3n) is 4.71. The van der Waals surface area contributed by atoms with Gasteiger partial charge in [0.25, 0.3) is 0 Å². The monoisotopic (exact) mass is 373 g/mol. The second kappa shape index (κ2) is 8.96. The standard InChI is InChI=1S/C22H23N5O/c1-16-20(17(2)27(26-16)14-6-13-23)10-12-22(28)25-21-11-9-19(15-24-21)18-7-4-3-5-8-18/h3-5,7-9,11,15H,6,10,12,14H2,1-2H3,(H,24,25,28). The van der Waals surface area contributed by atoms with Crippen LogP contribution in [0.4, 0.5) is 5.82 Å². The van der Waals surface area contributed by atoms with E-state index in [1.165, 1.54) is 0 Å². The van der Waals surface area contributed by atoms with Crippen LogP contribution in [0.3, 0.4) is 0 Å². The first-order valence-electron chi connectivity index (χ1n) is 9.29. The maximum atomic E-state index is 12.3. The van der Waals surface area contributed by atoms with Gasteiger partial charge in [-0.25, -0.2) is 4.98 Å². The molecule has 0 atom stereocenters. The van der Waals surface area contributed by atoms with Gasteiger partial charge in [0.2, 0.25) is 5.91 Å². The highest BCUT2D eigenvalue weighted by molar-refractivity contribution is 5.90. The Bertz CT molecular complexity index is 984. The molecule has 0 fully saturated rings. The van der Waals surface area contributed by atoms with Gasteiger partial charge in [0.05, 0.1) is 24.7 Å². The molecule has 3 rings (SSSR count). The van der Waals surface area contributed by atoms with Crippen molar-refractivity contribution in [3.63, 3.8) is 0 Å². The van der Waals surface area contributed by atoms with Crippen LogP contribution in [0.15, 0.2) is 48.7 Å². The molecule has 0 radical (unpaired) electrons. The number of nitrogens with zero attached hydrogens (tertiary/aromatic N) is 4. The molecular formula is C22H23N5O. The van der Waals surface area contributed by atoms with E-state index in [2.05, 4.69) is 21.5 Å². The fourth-order valence-corrected chi connectivity index (χ4v) is 3.18. The smallest absolute Gasteiger partial charge is 0.225 e. The molecule has 0 spiro atoms. The number of nitrogens with one attached hydrogen (secondary N) is 1. The molecule has 0 aliphatic rings. The van der Waals surface area contributed by atoms with Gasteiger partial charge in [-0.05, 0) is 43.5 Å². The molecule has 1 N–H and O–H groups in total. The fourth-order valence-electron chi connectivity index (χ4n) is 3.18. The summed E-state index contributed by atoms with van der Waals surface area (Å²) >= 11 is 0. The predicted molar refractivity (Wildman–Crippen MR) is 109 cm³/mol. The van der Waals surface area contributed by atoms with Gasteiger partial charge in [-0.2, -0.15) is 10.4 Å². The zero-order chi connectivity index (χ0) is 19.9. The van der Waals surface area contributed by atoms with Crippen LogP contribution in [0.25, 0.3) is 11.1 Å². The molecule has 142 valence electrons. The van der Waals surface area contributed by atoms with Crippen molar-refractivity contribution in [2.24, 2.45) is 0 Å². The minimum absolute atomic E-state index is 0.0801. The molecule has 3 aromatic rings. The van der Waals surface area contributed by atoms with Crippen molar-refractivity contribution in [3.05, 3.63) is 65.6 Å². The minimum Gasteiger partial charge on any atom is -0.311 e. The summed E-state index contributed by atoms with van der Waals surface area (Å²) in [7, 11) is 0. The number of aryl methyl sites for hydroxylation is 2. The lowest BCUT2D eigenvalue weighted by Gasteiger charge is -2.07. The summed E-state index contributed by atoms with van der Waals surface area (Å²) < 4.78 is 1.84. The van der Waals surface area contributed by atoms with Gasteiger partial charge in [0, 0.05) is 23.9 Å². The van der Waals surface area contributed by atoms with Crippen molar-refractivity contribution in [2.75, 3.05) is 5.32 Å². The number of carbonyl (C=O) groups excluding carboxylic acids is 1. The van der Waals surface area contributed by atoms with Gasteiger partial charge in [-0.3, -0.25) is 9.48 Å². The highest BCUT2D eigenvalue weighted by Crippen LogP contribution is 2.19. The Morgan fingerprint density at radius 3 is 2.61 bits per heavy atom. The van der Waals surface area contributed by atoms with E-state index in [0.717, 1.165) is 28.1 Å². The number of benzene rings is 1. The second-order valence-corrected chi connectivity index (χ2v) is 6.63. The van der Waals surface area contributed by atoms with Gasteiger partial charge < -0.3 is 5.32 Å². The predicted octanol–water partition coefficient (Wildman–Crippen LogP) is 4.05. The van der Waals surface area contributed by atoms with Crippen molar-refractivity contribution in [3.8, 4) is 17.2 Å². The molecule has 1 aromatic carbocycles. The third kappa shape index (κ3) is 4.63. The molecule has 2 aromatic heterocycles. The van der Waals surface area contributed by atoms with E-state index in [9.17, 15) is 4.79 Å². The van der Waals surface area contributed by atoms with Gasteiger partial charge in [0.15, 0.2) is 0 Å². The molecule has 0 unspecified atom stereocenters. The van der Waals surface area contributed by atoms with Crippen LogP contribution in [0.5, 0.6) is 0 Å². The lowest BCUT2D eigenvalue weighted by Crippen LogP contribution is -2.13. The van der Waals surface area contributed by atoms with Gasteiger partial charge in [-0.15, -0.1) is 0 Å². The summed E-state index contributed by atoms with van der Waals surface area (Å²) in [4.78, 5) is 16.7. The molecule has 2 heterocycles. The number of rotatable bonds is 7. The summed E-state index contributed by atoms with van der Waals surface area (Å²) in [5.41, 5.74) is 5.10. The normalized spacial score (nSPS) is 10.5. The number of hydrogen-bond donors (Lipinski definition) is 1. The third-order valence-corrected chi connectivity index (χ3v) is 4.71. The first-order valence-corrected chi connectivity index (χ1v) is 9.29. The highest BCUT2D eigenvalue weighted by atomic mass is 16.1. The first-order chi connectivity index (χ1) is 13.6. The number of carbonyl (C=O) groups is 1. The average molecular weight is 373 g/mol. The molecule has 6 nitrogen and oxygen atoms in total. The molecular weight excluding hydrogens is 350 g/mol. The van der Waals surface area contributed by atoms with Gasteiger partial charge in [-0.1, -0.05) is 30.3 Å². The van der Waals surface area contributed by atoms with Crippen LogP contribution in [-0.4, -0.2) is 20.7 Å². The Hall–Kier alpha value is -3.46. The van der Waals surface area contributed by atoms with Crippen LogP contribution < -0.4 is 5.32 Å². The topological polar surface area (TPSA) is 83.6 Å². The second-order valence-electron chi connectivity index (χ2n) is 6.63. The Labute approximate surface area is 164 Å². The number of amides is 1. The van der Waals surface area contributed by atoms with E-state index >= 15 is 0 Å². The van der Waals surface area contributed by atoms with E-state index < -0.39 is 0 Å². The Kier molecular flexibility index (Phi) is 6.18. The lowest BCUT2D eigenvalue weighted by atomic mass is 10.1. The van der Waals surface area contributed by atoms with Crippen LogP contribution in [0.2, 0.25) is 0 Å². The SMILES string of the molecule is Cc1nn(CCC#N)c(C)c1CCC(=O)Nc1ccc(-c2ccccc2)cn1. The van der Waals surface area contributed by atoms with Crippen molar-refractivity contribution in [1.29, 1.82) is 5.26 Å². The Morgan fingerprint density at radius 1 is 1.14 bits per heavy atom. The average Bonchev–Trinajstić information content (AvgIpc) is 2.99. The maximum Gasteiger partial charge on any atom is 0.225 e. The molecule has 0 aliphatic carbocycles. The Morgan fingerprint density at radius 2 is 1.93 bits per heavy atom. The van der Waals surface area contributed by atoms with Crippen LogP contribution in [-0.2, 0) is 17.8 Å². The van der Waals surface area contributed by atoms with Crippen LogP contribution >= 0.6 is 0 Å². The summed E-state index contributed by atoms with van der Waals surface area (Å²) in [6.45, 7) is 4.49. The quantitative estimate of drug-likeness (QED) is 0.677. The van der Waals surface area contributed by atoms with Crippen molar-refractivity contribution in [1.82, 2.24) is 14.8 Å². The molecule has 0 aliphatic heterocycles. The summed E-state index contributed by atoms with van der Waals surface area (Å²) in [5.74, 6) is 0.464. The highest BCUT2D eigenvalue weighted by Gasteiger charge is 2.13. The van der Waals surface area contributed by atoms with E-state index in [1.807, 2.05) is 61.0 Å². The number of nitriles is 1. The fraction of sp³-hybridized carbons (Fsp3) is 0.273. The van der Waals surface area contributed by atoms with Crippen LogP contribution in [0, 0.1) is 25.2 Å². The largest absolute Gasteiger partial charge is 0.311 e. The van der Waals surface area contributed by atoms with E-state index in [-0.39, 0.29) is 5.91 Å². The number of anilines is 1. The Balaban J connectivity index is 1.58. The molecule has 6 heteroatoms. The van der Waals surface area contributed by atoms with E-state index in [0.29, 0.717) is 31.6 Å². The van der Waals surface area contributed by atoms with Gasteiger partial charge in [0.1, 0.15) is 5.82 Å². The van der Waals surface area contributed by atoms with Crippen molar-refractivity contribution >= 4 is 11.7 Å². The molecule has 0 bridgehead atoms. The zero-order valence-corrected chi connectivity index (χ0v) is 16.1. The molecule has 28 heavy (non-hydrogen) atoms. The number of aromatic nitrogens is 3. The summed E-state index contributed by atoms with van der Waals surface area (Å²) in [5, 5.41) is 16.1. The number of pyridine rings is 1. The zero-order valence-electron chi connectivity index (χ0n) is 16.1. The minimum atomic E-state index is -0.0801. The summed E-state index contributed by atoms with van der Waals surface area (Å²) in [6.07, 6.45) is 3.15.